The fourth-order valence-corrected chi connectivity index (χ4v) is 15.8. The molecule has 0 aromatic heterocycles. The Labute approximate surface area is 336 Å². The number of halogens is 2. The summed E-state index contributed by atoms with van der Waals surface area (Å²) >= 11 is 7.60. The van der Waals surface area contributed by atoms with E-state index in [1.807, 2.05) is 0 Å². The third kappa shape index (κ3) is 5.70. The van der Waals surface area contributed by atoms with E-state index in [4.69, 9.17) is 0 Å². The maximum atomic E-state index is 3.80. The minimum Gasteiger partial charge on any atom is -0.0781 e. The molecule has 0 bridgehead atoms. The van der Waals surface area contributed by atoms with E-state index in [-0.39, 0.29) is 21.7 Å². The van der Waals surface area contributed by atoms with E-state index in [9.17, 15) is 0 Å². The highest BCUT2D eigenvalue weighted by molar-refractivity contribution is 9.10. The van der Waals surface area contributed by atoms with E-state index in [0.29, 0.717) is 5.54 Å². The Morgan fingerprint density at radius 3 is 1.47 bits per heavy atom. The molecule has 3 aliphatic carbocycles. The predicted octanol–water partition coefficient (Wildman–Crippen LogP) is 12.7. The second kappa shape index (κ2) is 12.4. The van der Waals surface area contributed by atoms with E-state index in [2.05, 4.69) is 216 Å². The molecular formula is C50H52Br2Si. The molecule has 1 unspecified atom stereocenters. The normalized spacial score (nSPS) is 18.5. The van der Waals surface area contributed by atoms with Gasteiger partial charge in [0, 0.05) is 19.8 Å². The van der Waals surface area contributed by atoms with Crippen LogP contribution in [0.2, 0.25) is 5.54 Å². The van der Waals surface area contributed by atoms with Gasteiger partial charge in [-0.3, -0.25) is 0 Å². The molecule has 0 amide bonds. The van der Waals surface area contributed by atoms with Gasteiger partial charge in [-0.1, -0.05) is 192 Å². The summed E-state index contributed by atoms with van der Waals surface area (Å²) in [6.07, 6.45) is 6.35. The molecule has 3 heteroatoms. The van der Waals surface area contributed by atoms with Crippen molar-refractivity contribution in [1.82, 2.24) is 0 Å². The number of allylic oxidation sites excluding steroid dienone is 4. The Balaban J connectivity index is 1.43. The van der Waals surface area contributed by atoms with E-state index in [0.717, 1.165) is 15.4 Å². The van der Waals surface area contributed by atoms with Crippen molar-refractivity contribution < 1.29 is 0 Å². The molecule has 1 atom stereocenters. The minimum absolute atomic E-state index is 0.0765. The number of rotatable bonds is 4. The highest BCUT2D eigenvalue weighted by atomic mass is 79.9. The first-order chi connectivity index (χ1) is 24.8. The third-order valence-corrected chi connectivity index (χ3v) is 19.1. The summed E-state index contributed by atoms with van der Waals surface area (Å²) in [4.78, 5) is 0. The summed E-state index contributed by atoms with van der Waals surface area (Å²) < 4.78 is 2.29. The summed E-state index contributed by atoms with van der Waals surface area (Å²) in [7, 11) is -2.78. The lowest BCUT2D eigenvalue weighted by Crippen LogP contribution is -2.70. The summed E-state index contributed by atoms with van der Waals surface area (Å²) in [5.74, 6) is 0. The lowest BCUT2D eigenvalue weighted by atomic mass is 9.80. The Morgan fingerprint density at radius 2 is 0.962 bits per heavy atom. The number of hydrogen-bond donors (Lipinski definition) is 0. The van der Waals surface area contributed by atoms with E-state index < -0.39 is 8.07 Å². The first kappa shape index (κ1) is 36.7. The van der Waals surface area contributed by atoms with Gasteiger partial charge in [0.15, 0.2) is 8.07 Å². The van der Waals surface area contributed by atoms with Gasteiger partial charge >= 0.3 is 0 Å². The highest BCUT2D eigenvalue weighted by Gasteiger charge is 2.50. The predicted molar refractivity (Wildman–Crippen MR) is 238 cm³/mol. The molecule has 0 saturated heterocycles. The Hall–Kier alpha value is -3.24. The van der Waals surface area contributed by atoms with Crippen molar-refractivity contribution >= 4 is 61.1 Å². The SMILES string of the molecule is CC(C)(C)c1ccc([Si](c2ccc(C(C)(C)C)cc2)(c2ccc3c(c2)C(C)(C)c2cc(Br)ccc2-3)C2C=C3C(=CC2)c2ccc(Br)cc2C3(C)C)cc1. The zero-order valence-corrected chi connectivity index (χ0v) is 37.2. The molecule has 8 rings (SSSR count). The lowest BCUT2D eigenvalue weighted by Gasteiger charge is -2.42. The largest absolute Gasteiger partial charge is 0.155 e. The van der Waals surface area contributed by atoms with Crippen molar-refractivity contribution in [3.8, 4) is 11.1 Å². The van der Waals surface area contributed by atoms with Crippen molar-refractivity contribution in [1.29, 1.82) is 0 Å². The van der Waals surface area contributed by atoms with Crippen LogP contribution in [0.5, 0.6) is 0 Å². The first-order valence-corrected chi connectivity index (χ1v) is 22.9. The molecule has 0 aliphatic heterocycles. The zero-order valence-electron chi connectivity index (χ0n) is 33.0. The zero-order chi connectivity index (χ0) is 37.9. The molecule has 53 heavy (non-hydrogen) atoms. The molecule has 5 aromatic carbocycles. The van der Waals surface area contributed by atoms with Gasteiger partial charge in [0.2, 0.25) is 0 Å². The van der Waals surface area contributed by atoms with Crippen LogP contribution in [-0.2, 0) is 21.7 Å². The van der Waals surface area contributed by atoms with Gasteiger partial charge in [0.05, 0.1) is 0 Å². The molecule has 0 heterocycles. The standard InChI is InChI=1S/C50H52Br2Si/c1-47(2,3)31-11-17-35(18-12-31)53(36-19-13-32(14-20-36)48(4,5)6,37-21-25-41-39-23-15-33(51)27-43(39)49(7,8)45(41)29-37)38-22-26-42-40-24-16-34(52)28-44(40)50(9,10)46(42)30-38/h11-21,23-30,38H,22H2,1-10H3. The smallest absolute Gasteiger partial charge is 0.0781 e. The molecule has 270 valence electrons. The van der Waals surface area contributed by atoms with Crippen molar-refractivity contribution in [3.63, 3.8) is 0 Å². The fourth-order valence-electron chi connectivity index (χ4n) is 9.79. The summed E-state index contributed by atoms with van der Waals surface area (Å²) in [6.45, 7) is 23.7. The van der Waals surface area contributed by atoms with Crippen LogP contribution >= 0.6 is 31.9 Å². The van der Waals surface area contributed by atoms with Gasteiger partial charge in [-0.05, 0) is 118 Å². The van der Waals surface area contributed by atoms with Crippen LogP contribution < -0.4 is 15.6 Å². The van der Waals surface area contributed by atoms with Crippen molar-refractivity contribution in [3.05, 3.63) is 163 Å². The molecular weight excluding hydrogens is 788 g/mol. The molecule has 0 spiro atoms. The van der Waals surface area contributed by atoms with Gasteiger partial charge in [-0.15, -0.1) is 0 Å². The second-order valence-corrected chi connectivity index (χ2v) is 24.8. The Bertz CT molecular complexity index is 2280. The van der Waals surface area contributed by atoms with Crippen LogP contribution in [0, 0.1) is 0 Å². The molecule has 0 nitrogen and oxygen atoms in total. The van der Waals surface area contributed by atoms with Gasteiger partial charge in [0.25, 0.3) is 0 Å². The van der Waals surface area contributed by atoms with Crippen LogP contribution in [0.4, 0.5) is 0 Å². The van der Waals surface area contributed by atoms with Crippen molar-refractivity contribution in [2.45, 2.75) is 103 Å². The number of benzene rings is 5. The number of hydrogen-bond acceptors (Lipinski definition) is 0. The molecule has 0 radical (unpaired) electrons. The van der Waals surface area contributed by atoms with Gasteiger partial charge < -0.3 is 0 Å². The molecule has 3 aliphatic rings. The van der Waals surface area contributed by atoms with E-state index >= 15 is 0 Å². The topological polar surface area (TPSA) is 0 Å². The van der Waals surface area contributed by atoms with Gasteiger partial charge in [-0.2, -0.15) is 0 Å². The highest BCUT2D eigenvalue weighted by Crippen LogP contribution is 2.55. The van der Waals surface area contributed by atoms with Crippen LogP contribution in [0.15, 0.2) is 130 Å². The van der Waals surface area contributed by atoms with E-state index in [1.54, 1.807) is 0 Å². The molecule has 0 saturated carbocycles. The summed E-state index contributed by atoms with van der Waals surface area (Å²) in [5, 5.41) is 4.47. The minimum atomic E-state index is -2.78. The number of fused-ring (bicyclic) bond motifs is 6. The first-order valence-electron chi connectivity index (χ1n) is 19.3. The molecule has 5 aromatic rings. The van der Waals surface area contributed by atoms with E-state index in [1.165, 1.54) is 71.2 Å². The average molecular weight is 841 g/mol. The fraction of sp³-hybridized carbons (Fsp3) is 0.320. The summed E-state index contributed by atoms with van der Waals surface area (Å²) in [6, 6.07) is 41.1. The van der Waals surface area contributed by atoms with Crippen LogP contribution in [0.25, 0.3) is 16.7 Å². The monoisotopic (exact) mass is 838 g/mol. The van der Waals surface area contributed by atoms with Crippen LogP contribution in [0.1, 0.15) is 109 Å². The molecule has 0 N–H and O–H groups in total. The van der Waals surface area contributed by atoms with Crippen molar-refractivity contribution in [2.24, 2.45) is 0 Å². The maximum Gasteiger partial charge on any atom is 0.155 e. The maximum absolute atomic E-state index is 3.80. The van der Waals surface area contributed by atoms with Gasteiger partial charge in [0.1, 0.15) is 0 Å². The van der Waals surface area contributed by atoms with Crippen LogP contribution in [-0.4, -0.2) is 8.07 Å². The summed E-state index contributed by atoms with van der Waals surface area (Å²) in [5.41, 5.74) is 14.3. The Kier molecular flexibility index (Phi) is 8.58. The van der Waals surface area contributed by atoms with Crippen LogP contribution in [0.3, 0.4) is 0 Å². The lowest BCUT2D eigenvalue weighted by molar-refractivity contribution is 0.590. The average Bonchev–Trinajstić information content (AvgIpc) is 3.46. The Morgan fingerprint density at radius 1 is 0.528 bits per heavy atom. The van der Waals surface area contributed by atoms with Gasteiger partial charge in [-0.25, -0.2) is 0 Å². The second-order valence-electron chi connectivity index (χ2n) is 18.9. The molecule has 0 fully saturated rings. The third-order valence-electron chi connectivity index (χ3n) is 12.9. The quantitative estimate of drug-likeness (QED) is 0.125. The van der Waals surface area contributed by atoms with Crippen molar-refractivity contribution in [2.75, 3.05) is 0 Å².